The Balaban J connectivity index is 1.77. The molecule has 0 aliphatic carbocycles. The summed E-state index contributed by atoms with van der Waals surface area (Å²) in [6.07, 6.45) is 12.2. The quantitative estimate of drug-likeness (QED) is 0.759. The summed E-state index contributed by atoms with van der Waals surface area (Å²) in [6, 6.07) is 1.02. The highest BCUT2D eigenvalue weighted by atomic mass is 16.1. The van der Waals surface area contributed by atoms with Crippen LogP contribution in [0.2, 0.25) is 0 Å². The van der Waals surface area contributed by atoms with E-state index in [2.05, 4.69) is 16.4 Å². The maximum Gasteiger partial charge on any atom is 0.125 e. The Hall–Kier alpha value is -0.830. The van der Waals surface area contributed by atoms with Crippen LogP contribution in [0.5, 0.6) is 0 Å². The normalized spacial score (nSPS) is 36.8. The van der Waals surface area contributed by atoms with Crippen LogP contribution in [0.1, 0.15) is 44.9 Å². The molecule has 0 amide bonds. The van der Waals surface area contributed by atoms with Gasteiger partial charge in [-0.05, 0) is 50.6 Å². The molecule has 0 aromatic heterocycles. The van der Waals surface area contributed by atoms with Crippen molar-refractivity contribution in [3.05, 3.63) is 11.8 Å². The summed E-state index contributed by atoms with van der Waals surface area (Å²) < 4.78 is 0. The van der Waals surface area contributed by atoms with Gasteiger partial charge in [0, 0.05) is 30.7 Å². The van der Waals surface area contributed by atoms with E-state index in [1.54, 1.807) is 0 Å². The van der Waals surface area contributed by atoms with Crippen LogP contribution in [0.15, 0.2) is 11.8 Å². The standard InChI is InChI=1S/C15H24N2O/c18-11-13-9-12(14-5-1-3-7-16-14)10-17-8-4-2-6-15(13)17/h10-11,13-16H,1-9H2/t13-,14-,15+/m0/s1. The fraction of sp³-hybridized carbons (Fsp3) is 0.800. The maximum atomic E-state index is 11.4. The smallest absolute Gasteiger partial charge is 0.125 e. The number of hydrogen-bond donors (Lipinski definition) is 1. The van der Waals surface area contributed by atoms with Crippen molar-refractivity contribution in [2.75, 3.05) is 13.1 Å². The van der Waals surface area contributed by atoms with Crippen molar-refractivity contribution < 1.29 is 4.79 Å². The van der Waals surface area contributed by atoms with Crippen LogP contribution < -0.4 is 5.32 Å². The van der Waals surface area contributed by atoms with Gasteiger partial charge in [0.2, 0.25) is 0 Å². The van der Waals surface area contributed by atoms with Crippen LogP contribution in [0.4, 0.5) is 0 Å². The molecule has 3 nitrogen and oxygen atoms in total. The first-order chi connectivity index (χ1) is 8.88. The van der Waals surface area contributed by atoms with E-state index in [4.69, 9.17) is 0 Å². The fourth-order valence-electron chi connectivity index (χ4n) is 3.81. The molecule has 0 bridgehead atoms. The Bertz CT molecular complexity index is 333. The zero-order valence-electron chi connectivity index (χ0n) is 11.1. The third kappa shape index (κ3) is 2.33. The van der Waals surface area contributed by atoms with Gasteiger partial charge in [-0.1, -0.05) is 6.42 Å². The van der Waals surface area contributed by atoms with Crippen LogP contribution in [0, 0.1) is 5.92 Å². The molecule has 0 saturated carbocycles. The fourth-order valence-corrected chi connectivity index (χ4v) is 3.81. The van der Waals surface area contributed by atoms with Crippen LogP contribution in [0.3, 0.4) is 0 Å². The van der Waals surface area contributed by atoms with E-state index < -0.39 is 0 Å². The van der Waals surface area contributed by atoms with Crippen molar-refractivity contribution in [3.63, 3.8) is 0 Å². The van der Waals surface area contributed by atoms with E-state index in [9.17, 15) is 4.79 Å². The Labute approximate surface area is 110 Å². The van der Waals surface area contributed by atoms with Gasteiger partial charge in [-0.2, -0.15) is 0 Å². The van der Waals surface area contributed by atoms with Crippen LogP contribution in [0.25, 0.3) is 0 Å². The molecule has 3 aliphatic rings. The van der Waals surface area contributed by atoms with E-state index in [1.165, 1.54) is 50.4 Å². The van der Waals surface area contributed by atoms with Crippen LogP contribution in [-0.4, -0.2) is 36.4 Å². The third-order valence-electron chi connectivity index (χ3n) is 4.82. The number of carbonyl (C=O) groups excluding carboxylic acids is 1. The largest absolute Gasteiger partial charge is 0.374 e. The first-order valence-electron chi connectivity index (χ1n) is 7.53. The Kier molecular flexibility index (Phi) is 3.69. The van der Waals surface area contributed by atoms with Gasteiger partial charge in [-0.3, -0.25) is 0 Å². The Morgan fingerprint density at radius 2 is 2.11 bits per heavy atom. The summed E-state index contributed by atoms with van der Waals surface area (Å²) in [5.74, 6) is 0.231. The molecule has 3 aliphatic heterocycles. The highest BCUT2D eigenvalue weighted by Gasteiger charge is 2.34. The minimum Gasteiger partial charge on any atom is -0.374 e. The molecule has 0 aromatic rings. The monoisotopic (exact) mass is 248 g/mol. The van der Waals surface area contributed by atoms with Crippen molar-refractivity contribution in [2.45, 2.75) is 57.0 Å². The number of nitrogens with zero attached hydrogens (tertiary/aromatic N) is 1. The van der Waals surface area contributed by atoms with Crippen molar-refractivity contribution >= 4 is 6.29 Å². The minimum absolute atomic E-state index is 0.231. The summed E-state index contributed by atoms with van der Waals surface area (Å²) in [7, 11) is 0. The van der Waals surface area contributed by atoms with Crippen molar-refractivity contribution in [2.24, 2.45) is 5.92 Å². The summed E-state index contributed by atoms with van der Waals surface area (Å²) >= 11 is 0. The SMILES string of the molecule is O=C[C@@H]1CC([C@@H]2CCCCN2)=CN2CCCC[C@H]12. The Morgan fingerprint density at radius 1 is 1.22 bits per heavy atom. The van der Waals surface area contributed by atoms with Gasteiger partial charge in [-0.15, -0.1) is 0 Å². The number of hydrogen-bond acceptors (Lipinski definition) is 3. The predicted octanol–water partition coefficient (Wildman–Crippen LogP) is 2.09. The average molecular weight is 248 g/mol. The van der Waals surface area contributed by atoms with Gasteiger partial charge in [-0.25, -0.2) is 0 Å². The lowest BCUT2D eigenvalue weighted by Crippen LogP contribution is -2.47. The Morgan fingerprint density at radius 3 is 2.89 bits per heavy atom. The van der Waals surface area contributed by atoms with E-state index >= 15 is 0 Å². The number of fused-ring (bicyclic) bond motifs is 1. The number of nitrogens with one attached hydrogen (secondary N) is 1. The van der Waals surface area contributed by atoms with Crippen molar-refractivity contribution in [1.29, 1.82) is 0 Å². The summed E-state index contributed by atoms with van der Waals surface area (Å²) in [5, 5.41) is 3.62. The van der Waals surface area contributed by atoms with Crippen molar-refractivity contribution in [3.8, 4) is 0 Å². The van der Waals surface area contributed by atoms with E-state index in [1.807, 2.05) is 0 Å². The lowest BCUT2D eigenvalue weighted by Gasteiger charge is -2.44. The molecule has 3 rings (SSSR count). The van der Waals surface area contributed by atoms with Gasteiger partial charge in [0.15, 0.2) is 0 Å². The molecule has 0 unspecified atom stereocenters. The predicted molar refractivity (Wildman–Crippen MR) is 72.2 cm³/mol. The number of carbonyl (C=O) groups is 1. The topological polar surface area (TPSA) is 32.3 Å². The molecular formula is C15H24N2O. The molecule has 3 atom stereocenters. The number of piperidine rings is 2. The average Bonchev–Trinajstić information content (AvgIpc) is 2.47. The van der Waals surface area contributed by atoms with E-state index in [-0.39, 0.29) is 5.92 Å². The molecular weight excluding hydrogens is 224 g/mol. The number of rotatable bonds is 2. The molecule has 0 aromatic carbocycles. The van der Waals surface area contributed by atoms with Crippen molar-refractivity contribution in [1.82, 2.24) is 10.2 Å². The second-order valence-corrected chi connectivity index (χ2v) is 6.01. The maximum absolute atomic E-state index is 11.4. The van der Waals surface area contributed by atoms with Gasteiger partial charge in [0.05, 0.1) is 0 Å². The molecule has 3 heteroatoms. The highest BCUT2D eigenvalue weighted by Crippen LogP contribution is 2.34. The van der Waals surface area contributed by atoms with Gasteiger partial charge >= 0.3 is 0 Å². The lowest BCUT2D eigenvalue weighted by molar-refractivity contribution is -0.113. The molecule has 1 N–H and O–H groups in total. The van der Waals surface area contributed by atoms with Gasteiger partial charge in [0.25, 0.3) is 0 Å². The summed E-state index contributed by atoms with van der Waals surface area (Å²) in [5.41, 5.74) is 1.48. The first-order valence-corrected chi connectivity index (χ1v) is 7.53. The summed E-state index contributed by atoms with van der Waals surface area (Å²) in [6.45, 7) is 2.28. The molecule has 100 valence electrons. The van der Waals surface area contributed by atoms with Gasteiger partial charge in [0.1, 0.15) is 6.29 Å². The van der Waals surface area contributed by atoms with Crippen LogP contribution >= 0.6 is 0 Å². The lowest BCUT2D eigenvalue weighted by atomic mass is 9.81. The second-order valence-electron chi connectivity index (χ2n) is 6.01. The highest BCUT2D eigenvalue weighted by molar-refractivity contribution is 5.56. The zero-order chi connectivity index (χ0) is 12.4. The molecule has 18 heavy (non-hydrogen) atoms. The summed E-state index contributed by atoms with van der Waals surface area (Å²) in [4.78, 5) is 13.8. The van der Waals surface area contributed by atoms with E-state index in [0.717, 1.165) is 19.5 Å². The molecule has 2 saturated heterocycles. The third-order valence-corrected chi connectivity index (χ3v) is 4.82. The molecule has 3 heterocycles. The molecule has 0 spiro atoms. The second kappa shape index (κ2) is 5.43. The molecule has 2 fully saturated rings. The van der Waals surface area contributed by atoms with Gasteiger partial charge < -0.3 is 15.0 Å². The van der Waals surface area contributed by atoms with Crippen LogP contribution in [-0.2, 0) is 4.79 Å². The zero-order valence-corrected chi connectivity index (χ0v) is 11.1. The first kappa shape index (κ1) is 12.2. The number of aldehydes is 1. The van der Waals surface area contributed by atoms with E-state index in [0.29, 0.717) is 12.1 Å². The molecule has 0 radical (unpaired) electrons. The minimum atomic E-state index is 0.231.